The number of rotatable bonds is 5. The molecule has 20 heavy (non-hydrogen) atoms. The summed E-state index contributed by atoms with van der Waals surface area (Å²) < 4.78 is 31.9. The predicted octanol–water partition coefficient (Wildman–Crippen LogP) is 2.70. The van der Waals surface area contributed by atoms with Crippen molar-refractivity contribution in [1.82, 2.24) is 0 Å². The normalized spacial score (nSPS) is 11.3. The van der Waals surface area contributed by atoms with E-state index in [1.165, 1.54) is 19.2 Å². The SMILES string of the molecule is COc1cc(NS(=O)(=O)c2ccc(CO)s2)ccc1Cl. The molecule has 0 fully saturated rings. The van der Waals surface area contributed by atoms with Crippen molar-refractivity contribution in [1.29, 1.82) is 0 Å². The molecule has 2 rings (SSSR count). The van der Waals surface area contributed by atoms with Crippen LogP contribution in [0.3, 0.4) is 0 Å². The van der Waals surface area contributed by atoms with Gasteiger partial charge in [-0.3, -0.25) is 4.72 Å². The Kier molecular flexibility index (Phi) is 4.54. The molecule has 0 spiro atoms. The first kappa shape index (κ1) is 15.1. The molecule has 0 saturated heterocycles. The third-order valence-electron chi connectivity index (χ3n) is 2.46. The highest BCUT2D eigenvalue weighted by molar-refractivity contribution is 7.94. The van der Waals surface area contributed by atoms with Crippen molar-refractivity contribution >= 4 is 38.6 Å². The van der Waals surface area contributed by atoms with Crippen molar-refractivity contribution < 1.29 is 18.3 Å². The van der Waals surface area contributed by atoms with Crippen LogP contribution in [-0.4, -0.2) is 20.6 Å². The van der Waals surface area contributed by atoms with Crippen molar-refractivity contribution in [2.45, 2.75) is 10.8 Å². The van der Waals surface area contributed by atoms with Gasteiger partial charge < -0.3 is 9.84 Å². The fraction of sp³-hybridized carbons (Fsp3) is 0.167. The monoisotopic (exact) mass is 333 g/mol. The first-order valence-corrected chi connectivity index (χ1v) is 8.20. The van der Waals surface area contributed by atoms with Crippen LogP contribution in [-0.2, 0) is 16.6 Å². The number of hydrogen-bond donors (Lipinski definition) is 2. The molecule has 2 aromatic rings. The standard InChI is InChI=1S/C12H12ClNO4S2/c1-18-11-6-8(2-4-10(11)13)14-20(16,17)12-5-3-9(7-15)19-12/h2-6,14-15H,7H2,1H3. The second-order valence-corrected chi connectivity index (χ2v) is 7.32. The van der Waals surface area contributed by atoms with Crippen molar-refractivity contribution in [3.63, 3.8) is 0 Å². The second kappa shape index (κ2) is 6.01. The fourth-order valence-electron chi connectivity index (χ4n) is 1.52. The number of aliphatic hydroxyl groups is 1. The number of methoxy groups -OCH3 is 1. The summed E-state index contributed by atoms with van der Waals surface area (Å²) in [5, 5.41) is 9.37. The molecule has 0 radical (unpaired) electrons. The average Bonchev–Trinajstić information content (AvgIpc) is 2.90. The van der Waals surface area contributed by atoms with Crippen molar-refractivity contribution in [3.8, 4) is 5.75 Å². The van der Waals surface area contributed by atoms with Gasteiger partial charge in [-0.25, -0.2) is 8.42 Å². The Morgan fingerprint density at radius 1 is 1.35 bits per heavy atom. The number of nitrogens with one attached hydrogen (secondary N) is 1. The van der Waals surface area contributed by atoms with E-state index in [2.05, 4.69) is 4.72 Å². The Hall–Kier alpha value is -1.28. The van der Waals surface area contributed by atoms with Crippen LogP contribution in [0.4, 0.5) is 5.69 Å². The molecule has 0 saturated carbocycles. The molecule has 0 aliphatic heterocycles. The van der Waals surface area contributed by atoms with E-state index in [1.54, 1.807) is 18.2 Å². The molecule has 0 aliphatic carbocycles. The zero-order chi connectivity index (χ0) is 14.8. The molecule has 0 atom stereocenters. The molecule has 0 aliphatic rings. The number of halogens is 1. The van der Waals surface area contributed by atoms with Crippen molar-refractivity contribution in [3.05, 3.63) is 40.2 Å². The maximum Gasteiger partial charge on any atom is 0.271 e. The summed E-state index contributed by atoms with van der Waals surface area (Å²) in [6.45, 7) is -0.186. The first-order valence-electron chi connectivity index (χ1n) is 5.52. The molecule has 8 heteroatoms. The van der Waals surface area contributed by atoms with Crippen LogP contribution < -0.4 is 9.46 Å². The minimum atomic E-state index is -3.68. The van der Waals surface area contributed by atoms with Crippen LogP contribution in [0.2, 0.25) is 5.02 Å². The lowest BCUT2D eigenvalue weighted by Crippen LogP contribution is -2.11. The van der Waals surface area contributed by atoms with E-state index in [0.717, 1.165) is 11.3 Å². The Morgan fingerprint density at radius 3 is 2.70 bits per heavy atom. The Balaban J connectivity index is 2.28. The molecule has 0 unspecified atom stereocenters. The van der Waals surface area contributed by atoms with Gasteiger partial charge in [-0.2, -0.15) is 0 Å². The maximum absolute atomic E-state index is 12.2. The molecule has 2 N–H and O–H groups in total. The van der Waals surface area contributed by atoms with E-state index >= 15 is 0 Å². The number of hydrogen-bond acceptors (Lipinski definition) is 5. The molecular weight excluding hydrogens is 322 g/mol. The number of anilines is 1. The van der Waals surface area contributed by atoms with Gasteiger partial charge >= 0.3 is 0 Å². The molecular formula is C12H12ClNO4S2. The summed E-state index contributed by atoms with van der Waals surface area (Å²) in [7, 11) is -2.23. The quantitative estimate of drug-likeness (QED) is 0.882. The van der Waals surface area contributed by atoms with Crippen LogP contribution in [0.1, 0.15) is 4.88 Å². The summed E-state index contributed by atoms with van der Waals surface area (Å²) in [6, 6.07) is 7.61. The predicted molar refractivity (Wildman–Crippen MR) is 79.1 cm³/mol. The molecule has 1 aromatic heterocycles. The number of ether oxygens (including phenoxy) is 1. The lowest BCUT2D eigenvalue weighted by atomic mass is 10.3. The van der Waals surface area contributed by atoms with Crippen LogP contribution in [0.25, 0.3) is 0 Å². The van der Waals surface area contributed by atoms with Gasteiger partial charge in [0.2, 0.25) is 0 Å². The van der Waals surface area contributed by atoms with Crippen molar-refractivity contribution in [2.75, 3.05) is 11.8 Å². The minimum Gasteiger partial charge on any atom is -0.495 e. The molecule has 0 bridgehead atoms. The van der Waals surface area contributed by atoms with Gasteiger partial charge in [0.15, 0.2) is 0 Å². The third kappa shape index (κ3) is 3.24. The highest BCUT2D eigenvalue weighted by Crippen LogP contribution is 2.29. The maximum atomic E-state index is 12.2. The van der Waals surface area contributed by atoms with Gasteiger partial charge in [-0.15, -0.1) is 11.3 Å². The Morgan fingerprint density at radius 2 is 2.10 bits per heavy atom. The van der Waals surface area contributed by atoms with E-state index in [0.29, 0.717) is 21.3 Å². The topological polar surface area (TPSA) is 75.6 Å². The molecule has 108 valence electrons. The van der Waals surface area contributed by atoms with Gasteiger partial charge in [0.05, 0.1) is 24.4 Å². The van der Waals surface area contributed by atoms with Gasteiger partial charge in [0.25, 0.3) is 10.0 Å². The Bertz CT molecular complexity index is 712. The average molecular weight is 334 g/mol. The van der Waals surface area contributed by atoms with Crippen LogP contribution in [0.15, 0.2) is 34.5 Å². The molecule has 0 amide bonds. The Labute approximate surface area is 125 Å². The van der Waals surface area contributed by atoms with Gasteiger partial charge in [0.1, 0.15) is 9.96 Å². The highest BCUT2D eigenvalue weighted by atomic mass is 35.5. The van der Waals surface area contributed by atoms with Crippen LogP contribution in [0.5, 0.6) is 5.75 Å². The summed E-state index contributed by atoms with van der Waals surface area (Å²) >= 11 is 6.89. The summed E-state index contributed by atoms with van der Waals surface area (Å²) in [5.41, 5.74) is 0.352. The largest absolute Gasteiger partial charge is 0.495 e. The molecule has 1 aromatic carbocycles. The summed E-state index contributed by atoms with van der Waals surface area (Å²) in [5.74, 6) is 0.383. The zero-order valence-electron chi connectivity index (χ0n) is 10.5. The number of thiophene rings is 1. The summed E-state index contributed by atoms with van der Waals surface area (Å²) in [4.78, 5) is 0.582. The molecule has 1 heterocycles. The van der Waals surface area contributed by atoms with Gasteiger partial charge in [-0.1, -0.05) is 11.6 Å². The van der Waals surface area contributed by atoms with E-state index in [1.807, 2.05) is 0 Å². The summed E-state index contributed by atoms with van der Waals surface area (Å²) in [6.07, 6.45) is 0. The number of aliphatic hydroxyl groups excluding tert-OH is 1. The molecule has 5 nitrogen and oxygen atoms in total. The minimum absolute atomic E-state index is 0.135. The van der Waals surface area contributed by atoms with E-state index in [4.69, 9.17) is 21.4 Å². The lowest BCUT2D eigenvalue weighted by molar-refractivity contribution is 0.285. The third-order valence-corrected chi connectivity index (χ3v) is 5.72. The zero-order valence-corrected chi connectivity index (χ0v) is 12.8. The first-order chi connectivity index (χ1) is 9.46. The van der Waals surface area contributed by atoms with E-state index in [-0.39, 0.29) is 10.8 Å². The van der Waals surface area contributed by atoms with Gasteiger partial charge in [-0.05, 0) is 24.3 Å². The fourth-order valence-corrected chi connectivity index (χ4v) is 3.98. The van der Waals surface area contributed by atoms with Gasteiger partial charge in [0, 0.05) is 10.9 Å². The smallest absolute Gasteiger partial charge is 0.271 e. The van der Waals surface area contributed by atoms with E-state index < -0.39 is 10.0 Å². The van der Waals surface area contributed by atoms with Crippen molar-refractivity contribution in [2.24, 2.45) is 0 Å². The highest BCUT2D eigenvalue weighted by Gasteiger charge is 2.17. The lowest BCUT2D eigenvalue weighted by Gasteiger charge is -2.09. The number of sulfonamides is 1. The second-order valence-electron chi connectivity index (χ2n) is 3.83. The number of benzene rings is 1. The van der Waals surface area contributed by atoms with Crippen LogP contribution in [0, 0.1) is 0 Å². The van der Waals surface area contributed by atoms with E-state index in [9.17, 15) is 8.42 Å². The van der Waals surface area contributed by atoms with Crippen LogP contribution >= 0.6 is 22.9 Å².